The minimum absolute atomic E-state index is 0.420. The van der Waals surface area contributed by atoms with Crippen molar-refractivity contribution in [3.05, 3.63) is 63.5 Å². The number of nitrogens with one attached hydrogen (secondary N) is 1. The molecular formula is C16H11F3N2O7S. The maximum absolute atomic E-state index is 13.5. The summed E-state index contributed by atoms with van der Waals surface area (Å²) in [7, 11) is -3.94. The number of nitro benzene ring substituents is 1. The number of hydrogen-bond acceptors (Lipinski definition) is 7. The fourth-order valence-corrected chi connectivity index (χ4v) is 2.95. The molecule has 0 atom stereocenters. The molecule has 29 heavy (non-hydrogen) atoms. The third-order valence-corrected chi connectivity index (χ3v) is 4.58. The van der Waals surface area contributed by atoms with Gasteiger partial charge in [0.1, 0.15) is 4.90 Å². The Kier molecular flexibility index (Phi) is 6.21. The summed E-state index contributed by atoms with van der Waals surface area (Å²) in [5.41, 5.74) is -1.98. The SMILES string of the molecule is CS(=O)(=O)c1ccc(C(=O)OCC(=O)Nc2ccc(F)c(F)c2F)cc1[N+](=O)[O-]. The molecule has 0 heterocycles. The van der Waals surface area contributed by atoms with Crippen molar-refractivity contribution in [2.75, 3.05) is 18.2 Å². The van der Waals surface area contributed by atoms with E-state index >= 15 is 0 Å². The van der Waals surface area contributed by atoms with E-state index in [9.17, 15) is 41.3 Å². The van der Waals surface area contributed by atoms with Crippen LogP contribution in [0.25, 0.3) is 0 Å². The zero-order chi connectivity index (χ0) is 21.9. The van der Waals surface area contributed by atoms with Crippen LogP contribution >= 0.6 is 0 Å². The van der Waals surface area contributed by atoms with E-state index in [1.807, 2.05) is 5.32 Å². The molecule has 0 fully saturated rings. The van der Waals surface area contributed by atoms with Crippen LogP contribution in [-0.2, 0) is 19.4 Å². The Morgan fingerprint density at radius 1 is 1.14 bits per heavy atom. The first-order valence-corrected chi connectivity index (χ1v) is 9.40. The van der Waals surface area contributed by atoms with E-state index in [2.05, 4.69) is 4.74 Å². The van der Waals surface area contributed by atoms with Gasteiger partial charge in [0.2, 0.25) is 0 Å². The molecule has 0 unspecified atom stereocenters. The molecule has 0 bridgehead atoms. The lowest BCUT2D eigenvalue weighted by atomic mass is 10.2. The van der Waals surface area contributed by atoms with Gasteiger partial charge in [-0.3, -0.25) is 14.9 Å². The molecule has 2 aromatic carbocycles. The molecule has 1 N–H and O–H groups in total. The van der Waals surface area contributed by atoms with Gasteiger partial charge in [-0.05, 0) is 24.3 Å². The fourth-order valence-electron chi connectivity index (χ4n) is 2.12. The highest BCUT2D eigenvalue weighted by Gasteiger charge is 2.25. The van der Waals surface area contributed by atoms with E-state index in [0.29, 0.717) is 12.1 Å². The molecule has 0 aliphatic heterocycles. The zero-order valence-electron chi connectivity index (χ0n) is 14.4. The third kappa shape index (κ3) is 5.07. The number of amides is 1. The van der Waals surface area contributed by atoms with E-state index < -0.39 is 72.5 Å². The largest absolute Gasteiger partial charge is 0.452 e. The number of carbonyl (C=O) groups excluding carboxylic acids is 2. The molecule has 0 aliphatic rings. The second-order valence-electron chi connectivity index (χ2n) is 5.56. The van der Waals surface area contributed by atoms with Crippen LogP contribution in [0, 0.1) is 27.6 Å². The number of nitro groups is 1. The van der Waals surface area contributed by atoms with Crippen LogP contribution in [0.15, 0.2) is 35.2 Å². The molecular weight excluding hydrogens is 421 g/mol. The first-order valence-electron chi connectivity index (χ1n) is 7.50. The molecule has 1 amide bonds. The fraction of sp³-hybridized carbons (Fsp3) is 0.125. The molecule has 2 aromatic rings. The van der Waals surface area contributed by atoms with Crippen molar-refractivity contribution < 1.29 is 40.8 Å². The van der Waals surface area contributed by atoms with Crippen molar-refractivity contribution in [2.24, 2.45) is 0 Å². The van der Waals surface area contributed by atoms with Gasteiger partial charge in [0.05, 0.1) is 16.2 Å². The van der Waals surface area contributed by atoms with Crippen molar-refractivity contribution in [1.82, 2.24) is 0 Å². The van der Waals surface area contributed by atoms with Crippen LogP contribution in [0.1, 0.15) is 10.4 Å². The van der Waals surface area contributed by atoms with Crippen LogP contribution in [0.4, 0.5) is 24.5 Å². The molecule has 0 saturated heterocycles. The summed E-state index contributed by atoms with van der Waals surface area (Å²) in [6.45, 7) is -0.987. The average molecular weight is 432 g/mol. The lowest BCUT2D eigenvalue weighted by Gasteiger charge is -2.08. The van der Waals surface area contributed by atoms with Gasteiger partial charge in [-0.25, -0.2) is 26.4 Å². The van der Waals surface area contributed by atoms with Crippen molar-refractivity contribution >= 4 is 33.1 Å². The van der Waals surface area contributed by atoms with Crippen molar-refractivity contribution in [1.29, 1.82) is 0 Å². The zero-order valence-corrected chi connectivity index (χ0v) is 15.3. The van der Waals surface area contributed by atoms with Crippen LogP contribution in [0.3, 0.4) is 0 Å². The Labute approximate surface area is 161 Å². The Morgan fingerprint density at radius 2 is 1.79 bits per heavy atom. The highest BCUT2D eigenvalue weighted by Crippen LogP contribution is 2.25. The second kappa shape index (κ2) is 8.26. The van der Waals surface area contributed by atoms with Gasteiger partial charge in [0, 0.05) is 12.3 Å². The summed E-state index contributed by atoms with van der Waals surface area (Å²) >= 11 is 0. The minimum atomic E-state index is -3.94. The van der Waals surface area contributed by atoms with E-state index in [1.165, 1.54) is 0 Å². The minimum Gasteiger partial charge on any atom is -0.452 e. The van der Waals surface area contributed by atoms with Gasteiger partial charge in [-0.2, -0.15) is 0 Å². The summed E-state index contributed by atoms with van der Waals surface area (Å²) in [5, 5.41) is 12.9. The number of anilines is 1. The van der Waals surface area contributed by atoms with Gasteiger partial charge in [-0.15, -0.1) is 0 Å². The molecule has 0 saturated carbocycles. The van der Waals surface area contributed by atoms with E-state index in [1.54, 1.807) is 0 Å². The summed E-state index contributed by atoms with van der Waals surface area (Å²) in [5.74, 6) is -7.25. The molecule has 0 aromatic heterocycles. The third-order valence-electron chi connectivity index (χ3n) is 3.43. The number of benzene rings is 2. The van der Waals surface area contributed by atoms with Gasteiger partial charge >= 0.3 is 5.97 Å². The van der Waals surface area contributed by atoms with E-state index in [4.69, 9.17) is 0 Å². The second-order valence-corrected chi connectivity index (χ2v) is 7.54. The monoisotopic (exact) mass is 432 g/mol. The van der Waals surface area contributed by atoms with Crippen molar-refractivity contribution in [3.8, 4) is 0 Å². The molecule has 0 spiro atoms. The van der Waals surface area contributed by atoms with Crippen LogP contribution in [0.5, 0.6) is 0 Å². The molecule has 0 aliphatic carbocycles. The molecule has 13 heteroatoms. The summed E-state index contributed by atoms with van der Waals surface area (Å²) in [4.78, 5) is 33.0. The number of sulfone groups is 1. The van der Waals surface area contributed by atoms with E-state index in [-0.39, 0.29) is 0 Å². The predicted octanol–water partition coefficient (Wildman–Crippen LogP) is 2.21. The number of nitrogens with zero attached hydrogens (tertiary/aromatic N) is 1. The molecule has 9 nitrogen and oxygen atoms in total. The Bertz CT molecular complexity index is 1120. The van der Waals surface area contributed by atoms with Gasteiger partial charge < -0.3 is 10.1 Å². The Morgan fingerprint density at radius 3 is 2.38 bits per heavy atom. The first kappa shape index (κ1) is 21.8. The topological polar surface area (TPSA) is 133 Å². The number of esters is 1. The maximum atomic E-state index is 13.5. The molecule has 0 radical (unpaired) electrons. The highest BCUT2D eigenvalue weighted by molar-refractivity contribution is 7.90. The van der Waals surface area contributed by atoms with Gasteiger partial charge in [0.15, 0.2) is 33.9 Å². The average Bonchev–Trinajstić information content (AvgIpc) is 2.65. The number of halogens is 3. The number of rotatable bonds is 6. The number of ether oxygens (including phenoxy) is 1. The standard InChI is InChI=1S/C16H11F3N2O7S/c1-29(26,27)12-5-2-8(6-11(12)21(24)25)16(23)28-7-13(22)20-10-4-3-9(17)14(18)15(10)19/h2-6H,7H2,1H3,(H,20,22). The molecule has 154 valence electrons. The van der Waals surface area contributed by atoms with Crippen LogP contribution < -0.4 is 5.32 Å². The normalized spacial score (nSPS) is 11.0. The maximum Gasteiger partial charge on any atom is 0.338 e. The molecule has 2 rings (SSSR count). The first-order chi connectivity index (χ1) is 13.4. The van der Waals surface area contributed by atoms with Crippen LogP contribution in [0.2, 0.25) is 0 Å². The van der Waals surface area contributed by atoms with Crippen molar-refractivity contribution in [3.63, 3.8) is 0 Å². The summed E-state index contributed by atoms with van der Waals surface area (Å²) in [6.07, 6.45) is 0.745. The Balaban J connectivity index is 2.11. The lowest BCUT2D eigenvalue weighted by Crippen LogP contribution is -2.22. The van der Waals surface area contributed by atoms with E-state index in [0.717, 1.165) is 24.5 Å². The summed E-state index contributed by atoms with van der Waals surface area (Å²) in [6, 6.07) is 3.76. The highest BCUT2D eigenvalue weighted by atomic mass is 32.2. The van der Waals surface area contributed by atoms with Gasteiger partial charge in [0.25, 0.3) is 11.6 Å². The lowest BCUT2D eigenvalue weighted by molar-refractivity contribution is -0.387. The quantitative estimate of drug-likeness (QED) is 0.320. The van der Waals surface area contributed by atoms with Crippen LogP contribution in [-0.4, -0.2) is 38.1 Å². The smallest absolute Gasteiger partial charge is 0.338 e. The van der Waals surface area contributed by atoms with Crippen molar-refractivity contribution in [2.45, 2.75) is 4.90 Å². The predicted molar refractivity (Wildman–Crippen MR) is 91.4 cm³/mol. The summed E-state index contributed by atoms with van der Waals surface area (Å²) < 4.78 is 67.1. The Hall–Kier alpha value is -3.48. The number of carbonyl (C=O) groups is 2. The van der Waals surface area contributed by atoms with Gasteiger partial charge in [-0.1, -0.05) is 0 Å². The number of hydrogen-bond donors (Lipinski definition) is 1.